The molecular formula is C42H82N2. The van der Waals surface area contributed by atoms with Crippen LogP contribution in [0.4, 0.5) is 0 Å². The Kier molecular flexibility index (Phi) is 33.8. The maximum absolute atomic E-state index is 6.27. The average molecular weight is 615 g/mol. The van der Waals surface area contributed by atoms with Gasteiger partial charge in [0.15, 0.2) is 0 Å². The number of nitrogens with one attached hydrogen (secondary N) is 1. The van der Waals surface area contributed by atoms with E-state index in [-0.39, 0.29) is 0 Å². The molecule has 0 saturated heterocycles. The second-order valence-electron chi connectivity index (χ2n) is 14.3. The summed E-state index contributed by atoms with van der Waals surface area (Å²) in [4.78, 5) is 0. The van der Waals surface area contributed by atoms with E-state index >= 15 is 0 Å². The van der Waals surface area contributed by atoms with Gasteiger partial charge in [0.05, 0.1) is 0 Å². The fraction of sp³-hybridized carbons (Fsp3) is 0.857. The van der Waals surface area contributed by atoms with Crippen LogP contribution in [0.2, 0.25) is 0 Å². The Balaban J connectivity index is 4.26. The van der Waals surface area contributed by atoms with Crippen molar-refractivity contribution < 1.29 is 0 Å². The zero-order chi connectivity index (χ0) is 32.4. The molecule has 0 aliphatic rings. The van der Waals surface area contributed by atoms with Crippen molar-refractivity contribution in [2.24, 2.45) is 11.7 Å². The predicted octanol–water partition coefficient (Wildman–Crippen LogP) is 14.3. The summed E-state index contributed by atoms with van der Waals surface area (Å²) < 4.78 is 0. The zero-order valence-electron chi connectivity index (χ0n) is 30.8. The first-order chi connectivity index (χ1) is 21.5. The molecule has 3 N–H and O–H groups in total. The van der Waals surface area contributed by atoms with E-state index in [0.29, 0.717) is 5.92 Å². The van der Waals surface area contributed by atoms with Crippen LogP contribution < -0.4 is 11.1 Å². The minimum atomic E-state index is 0.615. The molecule has 260 valence electrons. The Morgan fingerprint density at radius 1 is 0.500 bits per heavy atom. The smallest absolute Gasteiger partial charge is 0.0240 e. The Morgan fingerprint density at radius 2 is 0.864 bits per heavy atom. The normalized spacial score (nSPS) is 12.5. The number of allylic oxidation sites excluding steroid dienone is 3. The van der Waals surface area contributed by atoms with Gasteiger partial charge >= 0.3 is 0 Å². The molecular weight excluding hydrogens is 532 g/mol. The van der Waals surface area contributed by atoms with Crippen LogP contribution in [-0.2, 0) is 0 Å². The lowest BCUT2D eigenvalue weighted by Gasteiger charge is -2.20. The molecule has 2 heteroatoms. The average Bonchev–Trinajstić information content (AvgIpc) is 3.01. The Hall–Kier alpha value is -1.18. The van der Waals surface area contributed by atoms with Gasteiger partial charge in [-0.2, -0.15) is 0 Å². The predicted molar refractivity (Wildman–Crippen MR) is 202 cm³/mol. The van der Waals surface area contributed by atoms with Crippen molar-refractivity contribution in [2.75, 3.05) is 6.54 Å². The molecule has 0 aliphatic heterocycles. The molecule has 0 bridgehead atoms. The highest BCUT2D eigenvalue weighted by Gasteiger charge is 2.11. The molecule has 0 aliphatic carbocycles. The van der Waals surface area contributed by atoms with E-state index in [1.54, 1.807) is 0 Å². The van der Waals surface area contributed by atoms with Crippen molar-refractivity contribution in [1.82, 2.24) is 5.32 Å². The highest BCUT2D eigenvalue weighted by atomic mass is 14.9. The van der Waals surface area contributed by atoms with Crippen molar-refractivity contribution in [3.8, 4) is 0 Å². The van der Waals surface area contributed by atoms with E-state index in [1.807, 2.05) is 0 Å². The van der Waals surface area contributed by atoms with Gasteiger partial charge in [0, 0.05) is 18.4 Å². The van der Waals surface area contributed by atoms with E-state index < -0.39 is 0 Å². The van der Waals surface area contributed by atoms with Gasteiger partial charge in [-0.05, 0) is 63.7 Å². The van der Waals surface area contributed by atoms with Crippen LogP contribution >= 0.6 is 0 Å². The highest BCUT2D eigenvalue weighted by Crippen LogP contribution is 2.24. The number of unbranched alkanes of at least 4 members (excludes halogenated alkanes) is 22. The van der Waals surface area contributed by atoms with Gasteiger partial charge in [-0.1, -0.05) is 186 Å². The monoisotopic (exact) mass is 615 g/mol. The first-order valence-corrected chi connectivity index (χ1v) is 20.0. The van der Waals surface area contributed by atoms with Gasteiger partial charge in [0.2, 0.25) is 0 Å². The molecule has 0 radical (unpaired) electrons. The molecule has 44 heavy (non-hydrogen) atoms. The molecule has 0 amide bonds. The fourth-order valence-corrected chi connectivity index (χ4v) is 6.41. The standard InChI is InChI=1S/C42H82N2/c1-6-9-12-14-16-18-20-22-24-26-29-31-39(4)34-35-41(37-44-38-42(43)33-28-11-8-3)36-40(5)32-30-27-25-23-21-19-17-15-13-10-7-2/h38,41,44H,4-37,43H2,1-3H3/b42-38-. The third-order valence-corrected chi connectivity index (χ3v) is 9.51. The van der Waals surface area contributed by atoms with E-state index in [1.165, 1.54) is 191 Å². The topological polar surface area (TPSA) is 38.0 Å². The van der Waals surface area contributed by atoms with E-state index in [4.69, 9.17) is 5.73 Å². The largest absolute Gasteiger partial charge is 0.401 e. The second kappa shape index (κ2) is 34.7. The van der Waals surface area contributed by atoms with Crippen molar-refractivity contribution in [3.05, 3.63) is 36.2 Å². The number of hydrogen-bond donors (Lipinski definition) is 2. The van der Waals surface area contributed by atoms with Gasteiger partial charge in [0.25, 0.3) is 0 Å². The van der Waals surface area contributed by atoms with Crippen LogP contribution in [0.1, 0.15) is 220 Å². The van der Waals surface area contributed by atoms with Crippen molar-refractivity contribution in [2.45, 2.75) is 220 Å². The van der Waals surface area contributed by atoms with Crippen LogP contribution in [0, 0.1) is 5.92 Å². The van der Waals surface area contributed by atoms with Crippen LogP contribution in [0.15, 0.2) is 36.2 Å². The zero-order valence-corrected chi connectivity index (χ0v) is 30.8. The molecule has 0 saturated carbocycles. The summed E-state index contributed by atoms with van der Waals surface area (Å²) in [5, 5.41) is 3.59. The van der Waals surface area contributed by atoms with Crippen LogP contribution in [-0.4, -0.2) is 6.54 Å². The van der Waals surface area contributed by atoms with Crippen LogP contribution in [0.25, 0.3) is 0 Å². The van der Waals surface area contributed by atoms with Gasteiger partial charge in [-0.15, -0.1) is 0 Å². The quantitative estimate of drug-likeness (QED) is 0.0544. The lowest BCUT2D eigenvalue weighted by Crippen LogP contribution is -2.20. The summed E-state index contributed by atoms with van der Waals surface area (Å²) in [6.07, 6.45) is 43.6. The van der Waals surface area contributed by atoms with E-state index in [9.17, 15) is 0 Å². The fourth-order valence-electron chi connectivity index (χ4n) is 6.41. The van der Waals surface area contributed by atoms with Gasteiger partial charge in [-0.3, -0.25) is 0 Å². The first kappa shape index (κ1) is 42.8. The maximum atomic E-state index is 6.27. The van der Waals surface area contributed by atoms with Gasteiger partial charge in [0.1, 0.15) is 0 Å². The van der Waals surface area contributed by atoms with E-state index in [2.05, 4.69) is 45.4 Å². The van der Waals surface area contributed by atoms with Crippen LogP contribution in [0.5, 0.6) is 0 Å². The molecule has 0 aromatic rings. The van der Waals surface area contributed by atoms with Gasteiger partial charge in [-0.25, -0.2) is 0 Å². The lowest BCUT2D eigenvalue weighted by atomic mass is 9.90. The summed E-state index contributed by atoms with van der Waals surface area (Å²) >= 11 is 0. The first-order valence-electron chi connectivity index (χ1n) is 20.0. The Morgan fingerprint density at radius 3 is 1.32 bits per heavy atom. The van der Waals surface area contributed by atoms with Crippen molar-refractivity contribution in [1.29, 1.82) is 0 Å². The SMILES string of the molecule is C=C(CCCCCCCCCCCCC)CCC(CN/C=C(\N)CCCCC)CC(=C)CCCCCCCCCCCCC. The summed E-state index contributed by atoms with van der Waals surface area (Å²) in [6.45, 7) is 16.8. The molecule has 0 fully saturated rings. The lowest BCUT2D eigenvalue weighted by molar-refractivity contribution is 0.454. The molecule has 2 nitrogen and oxygen atoms in total. The van der Waals surface area contributed by atoms with E-state index in [0.717, 1.165) is 31.5 Å². The minimum absolute atomic E-state index is 0.615. The summed E-state index contributed by atoms with van der Waals surface area (Å²) in [7, 11) is 0. The van der Waals surface area contributed by atoms with Gasteiger partial charge < -0.3 is 11.1 Å². The Labute approximate surface area is 279 Å². The molecule has 0 aromatic carbocycles. The summed E-state index contributed by atoms with van der Waals surface area (Å²) in [5.41, 5.74) is 10.2. The molecule has 0 heterocycles. The molecule has 0 spiro atoms. The molecule has 0 rings (SSSR count). The highest BCUT2D eigenvalue weighted by molar-refractivity contribution is 5.00. The molecule has 1 unspecified atom stereocenters. The minimum Gasteiger partial charge on any atom is -0.401 e. The Bertz CT molecular complexity index is 648. The van der Waals surface area contributed by atoms with Crippen molar-refractivity contribution in [3.63, 3.8) is 0 Å². The van der Waals surface area contributed by atoms with Crippen LogP contribution in [0.3, 0.4) is 0 Å². The number of hydrogen-bond acceptors (Lipinski definition) is 2. The second-order valence-corrected chi connectivity index (χ2v) is 14.3. The maximum Gasteiger partial charge on any atom is 0.0240 e. The van der Waals surface area contributed by atoms with Crippen molar-refractivity contribution >= 4 is 0 Å². The third kappa shape index (κ3) is 32.2. The summed E-state index contributed by atoms with van der Waals surface area (Å²) in [5.74, 6) is 0.615. The summed E-state index contributed by atoms with van der Waals surface area (Å²) in [6, 6.07) is 0. The third-order valence-electron chi connectivity index (χ3n) is 9.51. The number of rotatable bonds is 36. The molecule has 1 atom stereocenters. The number of nitrogens with two attached hydrogens (primary N) is 1. The molecule has 0 aromatic heterocycles.